The molecule has 0 saturated heterocycles. The van der Waals surface area contributed by atoms with Crippen molar-refractivity contribution in [3.63, 3.8) is 0 Å². The maximum Gasteiger partial charge on any atom is 0.136 e. The molecule has 0 bridgehead atoms. The van der Waals surface area contributed by atoms with Crippen LogP contribution in [0.25, 0.3) is 23.0 Å². The maximum absolute atomic E-state index is 9.39. The van der Waals surface area contributed by atoms with Gasteiger partial charge in [-0.1, -0.05) is 46.9 Å². The molecule has 1 heterocycles. The number of nitrogens with zero attached hydrogens (tertiary/aromatic N) is 1. The van der Waals surface area contributed by atoms with Crippen LogP contribution in [0.5, 0.6) is 0 Å². The monoisotopic (exact) mass is 373 g/mol. The summed E-state index contributed by atoms with van der Waals surface area (Å²) in [5.41, 5.74) is 1.93. The van der Waals surface area contributed by atoms with Crippen LogP contribution in [0.3, 0.4) is 0 Å². The Hall–Kier alpha value is -2.18. The molecule has 2 nitrogen and oxygen atoms in total. The minimum absolute atomic E-state index is 0.459. The van der Waals surface area contributed by atoms with Crippen molar-refractivity contribution in [1.82, 2.24) is 0 Å². The lowest BCUT2D eigenvalue weighted by Gasteiger charge is -2.01. The van der Waals surface area contributed by atoms with Gasteiger partial charge >= 0.3 is 0 Å². The quantitative estimate of drug-likeness (QED) is 0.464. The molecule has 0 saturated carbocycles. The van der Waals surface area contributed by atoms with Gasteiger partial charge in [0.25, 0.3) is 0 Å². The Kier molecular flexibility index (Phi) is 4.97. The van der Waals surface area contributed by atoms with Gasteiger partial charge in [-0.3, -0.25) is 0 Å². The molecule has 2 aromatic carbocycles. The third-order valence-electron chi connectivity index (χ3n) is 3.37. The van der Waals surface area contributed by atoms with Crippen molar-refractivity contribution in [3.8, 4) is 17.4 Å². The zero-order valence-corrected chi connectivity index (χ0v) is 14.5. The molecule has 118 valence electrons. The number of benzene rings is 2. The van der Waals surface area contributed by atoms with E-state index in [0.717, 1.165) is 11.1 Å². The van der Waals surface area contributed by atoms with Crippen molar-refractivity contribution >= 4 is 46.5 Å². The molecule has 0 spiro atoms. The van der Waals surface area contributed by atoms with Crippen LogP contribution in [-0.4, -0.2) is 0 Å². The molecular formula is C19H10Cl3NO. The first kappa shape index (κ1) is 16.7. The number of hydrogen-bond acceptors (Lipinski definition) is 2. The molecule has 3 aromatic rings. The third kappa shape index (κ3) is 3.66. The second-order valence-corrected chi connectivity index (χ2v) is 6.29. The molecule has 0 amide bonds. The zero-order valence-electron chi connectivity index (χ0n) is 12.3. The van der Waals surface area contributed by atoms with Crippen molar-refractivity contribution in [2.75, 3.05) is 0 Å². The van der Waals surface area contributed by atoms with E-state index in [-0.39, 0.29) is 0 Å². The molecule has 0 aliphatic carbocycles. The fraction of sp³-hybridized carbons (Fsp3) is 0. The number of allylic oxidation sites excluding steroid dienone is 1. The normalized spacial score (nSPS) is 11.3. The summed E-state index contributed by atoms with van der Waals surface area (Å²) in [5, 5.41) is 11.0. The summed E-state index contributed by atoms with van der Waals surface area (Å²) in [6.07, 6.45) is 1.67. The first-order valence-corrected chi connectivity index (χ1v) is 8.13. The summed E-state index contributed by atoms with van der Waals surface area (Å²) in [4.78, 5) is 0. The summed E-state index contributed by atoms with van der Waals surface area (Å²) in [7, 11) is 0. The number of hydrogen-bond donors (Lipinski definition) is 0. The molecule has 1 aromatic heterocycles. The van der Waals surface area contributed by atoms with Crippen molar-refractivity contribution < 1.29 is 4.42 Å². The van der Waals surface area contributed by atoms with Crippen LogP contribution in [-0.2, 0) is 0 Å². The molecule has 0 unspecified atom stereocenters. The van der Waals surface area contributed by atoms with E-state index in [2.05, 4.69) is 6.07 Å². The average Bonchev–Trinajstić information content (AvgIpc) is 3.01. The van der Waals surface area contributed by atoms with Gasteiger partial charge in [0.05, 0.1) is 16.7 Å². The molecule has 0 radical (unpaired) electrons. The molecule has 0 N–H and O–H groups in total. The molecule has 24 heavy (non-hydrogen) atoms. The van der Waals surface area contributed by atoms with Crippen molar-refractivity contribution in [1.29, 1.82) is 5.26 Å². The Morgan fingerprint density at radius 3 is 2.46 bits per heavy atom. The van der Waals surface area contributed by atoms with Crippen LogP contribution in [0.1, 0.15) is 11.3 Å². The molecule has 0 aliphatic rings. The molecule has 5 heteroatoms. The van der Waals surface area contributed by atoms with E-state index in [9.17, 15) is 5.26 Å². The standard InChI is InChI=1S/C19H10Cl3NO/c20-14-3-1-2-12(8-14)13(11-23)9-16-5-7-19(24-16)17-6-4-15(21)10-18(17)22/h1-10H/b13-9-. The maximum atomic E-state index is 9.39. The summed E-state index contributed by atoms with van der Waals surface area (Å²) >= 11 is 18.1. The van der Waals surface area contributed by atoms with E-state index < -0.39 is 0 Å². The highest BCUT2D eigenvalue weighted by Crippen LogP contribution is 2.32. The third-order valence-corrected chi connectivity index (χ3v) is 4.15. The Balaban J connectivity index is 1.96. The molecule has 3 rings (SSSR count). The summed E-state index contributed by atoms with van der Waals surface area (Å²) < 4.78 is 5.79. The van der Waals surface area contributed by atoms with Gasteiger partial charge in [-0.25, -0.2) is 0 Å². The van der Waals surface area contributed by atoms with Crippen molar-refractivity contribution in [2.45, 2.75) is 0 Å². The number of rotatable bonds is 3. The van der Waals surface area contributed by atoms with Gasteiger partial charge < -0.3 is 4.42 Å². The highest BCUT2D eigenvalue weighted by molar-refractivity contribution is 6.36. The topological polar surface area (TPSA) is 36.9 Å². The number of halogens is 3. The molecule has 0 aliphatic heterocycles. The fourth-order valence-corrected chi connectivity index (χ4v) is 2.93. The highest BCUT2D eigenvalue weighted by Gasteiger charge is 2.10. The van der Waals surface area contributed by atoms with Crippen LogP contribution in [0.15, 0.2) is 59.0 Å². The zero-order chi connectivity index (χ0) is 17.1. The Morgan fingerprint density at radius 2 is 1.75 bits per heavy atom. The van der Waals surface area contributed by atoms with Crippen LogP contribution in [0.2, 0.25) is 15.1 Å². The number of nitriles is 1. The summed E-state index contributed by atoms with van der Waals surface area (Å²) in [5.74, 6) is 1.15. The van der Waals surface area contributed by atoms with Crippen LogP contribution < -0.4 is 0 Å². The second-order valence-electron chi connectivity index (χ2n) is 5.01. The lowest BCUT2D eigenvalue weighted by atomic mass is 10.1. The minimum Gasteiger partial charge on any atom is -0.457 e. The second kappa shape index (κ2) is 7.15. The average molecular weight is 375 g/mol. The van der Waals surface area contributed by atoms with Gasteiger partial charge in [-0.05, 0) is 54.1 Å². The summed E-state index contributed by atoms with van der Waals surface area (Å²) in [6, 6.07) is 18.0. The lowest BCUT2D eigenvalue weighted by molar-refractivity contribution is 0.572. The predicted octanol–water partition coefficient (Wildman–Crippen LogP) is 6.97. The first-order valence-electron chi connectivity index (χ1n) is 7.00. The fourth-order valence-electron chi connectivity index (χ4n) is 2.24. The lowest BCUT2D eigenvalue weighted by Crippen LogP contribution is -1.81. The summed E-state index contributed by atoms with van der Waals surface area (Å²) in [6.45, 7) is 0. The van der Waals surface area contributed by atoms with Gasteiger partial charge in [0.1, 0.15) is 11.5 Å². The smallest absolute Gasteiger partial charge is 0.136 e. The largest absolute Gasteiger partial charge is 0.457 e. The van der Waals surface area contributed by atoms with Crippen LogP contribution in [0, 0.1) is 11.3 Å². The molecular weight excluding hydrogens is 365 g/mol. The van der Waals surface area contributed by atoms with Gasteiger partial charge in [0.15, 0.2) is 0 Å². The van der Waals surface area contributed by atoms with Crippen LogP contribution >= 0.6 is 34.8 Å². The Bertz CT molecular complexity index is 967. The highest BCUT2D eigenvalue weighted by atomic mass is 35.5. The van der Waals surface area contributed by atoms with Crippen molar-refractivity contribution in [2.24, 2.45) is 0 Å². The van der Waals surface area contributed by atoms with Gasteiger partial charge in [-0.15, -0.1) is 0 Å². The van der Waals surface area contributed by atoms with Gasteiger partial charge in [0, 0.05) is 15.6 Å². The molecule has 0 atom stereocenters. The van der Waals surface area contributed by atoms with Crippen LogP contribution in [0.4, 0.5) is 0 Å². The van der Waals surface area contributed by atoms with E-state index in [4.69, 9.17) is 39.2 Å². The van der Waals surface area contributed by atoms with E-state index in [1.165, 1.54) is 0 Å². The van der Waals surface area contributed by atoms with E-state index in [1.54, 1.807) is 54.6 Å². The van der Waals surface area contributed by atoms with Crippen molar-refractivity contribution in [3.05, 3.63) is 81.0 Å². The van der Waals surface area contributed by atoms with Gasteiger partial charge in [-0.2, -0.15) is 5.26 Å². The SMILES string of the molecule is N#C/C(=C/c1ccc(-c2ccc(Cl)cc2Cl)o1)c1cccc(Cl)c1. The Morgan fingerprint density at radius 1 is 0.958 bits per heavy atom. The van der Waals surface area contributed by atoms with Gasteiger partial charge in [0.2, 0.25) is 0 Å². The minimum atomic E-state index is 0.459. The number of furan rings is 1. The van der Waals surface area contributed by atoms with E-state index >= 15 is 0 Å². The predicted molar refractivity (Wildman–Crippen MR) is 99.1 cm³/mol. The first-order chi connectivity index (χ1) is 11.6. The van der Waals surface area contributed by atoms with E-state index in [1.807, 2.05) is 6.07 Å². The molecule has 0 fully saturated rings. The Labute approximate surface area is 154 Å². The van der Waals surface area contributed by atoms with E-state index in [0.29, 0.717) is 32.2 Å².